The van der Waals surface area contributed by atoms with Crippen LogP contribution in [0.4, 0.5) is 5.82 Å². The van der Waals surface area contributed by atoms with Gasteiger partial charge >= 0.3 is 0 Å². The number of likely N-dealkylation sites (tertiary alicyclic amines) is 1. The molecule has 1 saturated heterocycles. The number of nitrogens with zero attached hydrogens (tertiary/aromatic N) is 5. The number of fused-ring (bicyclic) bond motifs is 1. The third-order valence-corrected chi connectivity index (χ3v) is 5.60. The molecule has 4 heterocycles. The first-order chi connectivity index (χ1) is 14.6. The molecule has 152 valence electrons. The molecule has 0 bridgehead atoms. The van der Waals surface area contributed by atoms with Gasteiger partial charge in [0.2, 0.25) is 5.91 Å². The van der Waals surface area contributed by atoms with E-state index in [1.54, 1.807) is 16.8 Å². The van der Waals surface area contributed by atoms with E-state index >= 15 is 0 Å². The van der Waals surface area contributed by atoms with Gasteiger partial charge in [-0.15, -0.1) is 0 Å². The van der Waals surface area contributed by atoms with Crippen molar-refractivity contribution >= 4 is 17.2 Å². The van der Waals surface area contributed by atoms with Crippen LogP contribution in [0.3, 0.4) is 0 Å². The molecule has 1 aliphatic heterocycles. The molecule has 8 nitrogen and oxygen atoms in total. The third kappa shape index (κ3) is 3.72. The minimum atomic E-state index is 0.0312. The number of likely N-dealkylation sites (N-methyl/N-ethyl adjacent to an activating group) is 1. The van der Waals surface area contributed by atoms with Gasteiger partial charge in [-0.2, -0.15) is 10.4 Å². The summed E-state index contributed by atoms with van der Waals surface area (Å²) in [6.07, 6.45) is 6.44. The third-order valence-electron chi connectivity index (χ3n) is 5.60. The fraction of sp³-hybridized carbons (Fsp3) is 0.364. The largest absolute Gasteiger partial charge is 0.487 e. The Morgan fingerprint density at radius 1 is 1.30 bits per heavy atom. The van der Waals surface area contributed by atoms with Crippen LogP contribution in [0.2, 0.25) is 0 Å². The summed E-state index contributed by atoms with van der Waals surface area (Å²) in [6.45, 7) is 1.87. The molecule has 0 radical (unpaired) electrons. The minimum absolute atomic E-state index is 0.0312. The molecule has 2 fully saturated rings. The highest BCUT2D eigenvalue weighted by atomic mass is 16.5. The maximum atomic E-state index is 12.0. The molecule has 5 rings (SSSR count). The number of aromatic nitrogens is 3. The lowest BCUT2D eigenvalue weighted by molar-refractivity contribution is -0.117. The predicted octanol–water partition coefficient (Wildman–Crippen LogP) is 2.70. The molecule has 1 amide bonds. The van der Waals surface area contributed by atoms with Gasteiger partial charge in [0, 0.05) is 36.8 Å². The number of pyridine rings is 2. The fourth-order valence-corrected chi connectivity index (χ4v) is 3.79. The summed E-state index contributed by atoms with van der Waals surface area (Å²) in [5.41, 5.74) is 2.92. The first-order valence-corrected chi connectivity index (χ1v) is 10.1. The van der Waals surface area contributed by atoms with Gasteiger partial charge in [-0.1, -0.05) is 0 Å². The Labute approximate surface area is 174 Å². The van der Waals surface area contributed by atoms with Crippen molar-refractivity contribution in [3.8, 4) is 22.9 Å². The van der Waals surface area contributed by atoms with E-state index in [9.17, 15) is 10.1 Å². The molecule has 1 unspecified atom stereocenters. The van der Waals surface area contributed by atoms with Crippen LogP contribution in [0, 0.1) is 17.2 Å². The van der Waals surface area contributed by atoms with Crippen molar-refractivity contribution in [1.29, 1.82) is 5.26 Å². The summed E-state index contributed by atoms with van der Waals surface area (Å²) >= 11 is 0. The van der Waals surface area contributed by atoms with E-state index in [0.717, 1.165) is 49.0 Å². The summed E-state index contributed by atoms with van der Waals surface area (Å²) in [5, 5.41) is 16.6. The van der Waals surface area contributed by atoms with E-state index in [4.69, 9.17) is 4.74 Å². The second-order valence-corrected chi connectivity index (χ2v) is 8.05. The number of anilines is 1. The number of hydrogen-bond acceptors (Lipinski definition) is 6. The fourth-order valence-electron chi connectivity index (χ4n) is 3.79. The van der Waals surface area contributed by atoms with Gasteiger partial charge in [-0.3, -0.25) is 4.79 Å². The van der Waals surface area contributed by atoms with Crippen molar-refractivity contribution in [3.63, 3.8) is 0 Å². The second-order valence-electron chi connectivity index (χ2n) is 8.05. The Morgan fingerprint density at radius 3 is 2.90 bits per heavy atom. The second kappa shape index (κ2) is 7.43. The highest BCUT2D eigenvalue weighted by Gasteiger charge is 2.30. The van der Waals surface area contributed by atoms with Crippen LogP contribution in [-0.2, 0) is 4.79 Å². The molecule has 1 N–H and O–H groups in total. The topological polar surface area (TPSA) is 95.6 Å². The highest BCUT2D eigenvalue weighted by Crippen LogP contribution is 2.33. The maximum Gasteiger partial charge on any atom is 0.228 e. The number of hydrogen-bond donors (Lipinski definition) is 1. The molecule has 8 heteroatoms. The van der Waals surface area contributed by atoms with Gasteiger partial charge in [0.25, 0.3) is 0 Å². The van der Waals surface area contributed by atoms with Crippen LogP contribution in [0.1, 0.15) is 25.0 Å². The molecule has 3 aromatic rings. The number of rotatable bonds is 5. The summed E-state index contributed by atoms with van der Waals surface area (Å²) in [5.74, 6) is 1.37. The Kier molecular flexibility index (Phi) is 4.60. The average molecular weight is 402 g/mol. The van der Waals surface area contributed by atoms with Crippen molar-refractivity contribution < 1.29 is 9.53 Å². The molecule has 30 heavy (non-hydrogen) atoms. The molecule has 1 saturated carbocycles. The minimum Gasteiger partial charge on any atom is -0.487 e. The van der Waals surface area contributed by atoms with Crippen LogP contribution in [0.25, 0.3) is 16.6 Å². The van der Waals surface area contributed by atoms with Crippen molar-refractivity contribution in [2.45, 2.75) is 25.4 Å². The van der Waals surface area contributed by atoms with Gasteiger partial charge in [0.1, 0.15) is 23.6 Å². The Hall–Kier alpha value is -3.44. The van der Waals surface area contributed by atoms with Crippen LogP contribution >= 0.6 is 0 Å². The zero-order valence-electron chi connectivity index (χ0n) is 16.7. The Balaban J connectivity index is 1.47. The molecular formula is C22H22N6O2. The lowest BCUT2D eigenvalue weighted by atomic mass is 10.1. The van der Waals surface area contributed by atoms with Crippen LogP contribution in [-0.4, -0.2) is 51.6 Å². The number of ether oxygens (including phenoxy) is 1. The van der Waals surface area contributed by atoms with Crippen LogP contribution < -0.4 is 10.1 Å². The number of carbonyl (C=O) groups is 1. The van der Waals surface area contributed by atoms with Crippen molar-refractivity contribution in [3.05, 3.63) is 42.4 Å². The van der Waals surface area contributed by atoms with Crippen LogP contribution in [0.15, 0.2) is 36.7 Å². The van der Waals surface area contributed by atoms with E-state index in [-0.39, 0.29) is 17.9 Å². The summed E-state index contributed by atoms with van der Waals surface area (Å²) < 4.78 is 7.97. The normalized spacial score (nSPS) is 19.0. The van der Waals surface area contributed by atoms with E-state index in [0.29, 0.717) is 17.3 Å². The Morgan fingerprint density at radius 2 is 2.17 bits per heavy atom. The van der Waals surface area contributed by atoms with E-state index < -0.39 is 0 Å². The van der Waals surface area contributed by atoms with E-state index in [1.165, 1.54) is 0 Å². The summed E-state index contributed by atoms with van der Waals surface area (Å²) in [7, 11) is 2.08. The Bertz CT molecular complexity index is 1160. The first-order valence-electron chi connectivity index (χ1n) is 10.1. The predicted molar refractivity (Wildman–Crippen MR) is 111 cm³/mol. The molecule has 1 aliphatic carbocycles. The van der Waals surface area contributed by atoms with Crippen molar-refractivity contribution in [1.82, 2.24) is 19.5 Å². The van der Waals surface area contributed by atoms with Gasteiger partial charge in [-0.25, -0.2) is 9.50 Å². The average Bonchev–Trinajstić information content (AvgIpc) is 3.41. The van der Waals surface area contributed by atoms with Crippen molar-refractivity contribution in [2.24, 2.45) is 5.92 Å². The van der Waals surface area contributed by atoms with E-state index in [1.807, 2.05) is 24.4 Å². The highest BCUT2D eigenvalue weighted by molar-refractivity contribution is 5.93. The number of nitriles is 1. The van der Waals surface area contributed by atoms with Crippen molar-refractivity contribution in [2.75, 3.05) is 25.5 Å². The lowest BCUT2D eigenvalue weighted by Gasteiger charge is -2.17. The lowest BCUT2D eigenvalue weighted by Crippen LogP contribution is -2.21. The SMILES string of the molecule is CN1CCC(Oc2cnc(C#N)cc2-c2ccn3nc(NC(=O)C4CC4)cc3c2)C1. The molecular weight excluding hydrogens is 380 g/mol. The van der Waals surface area contributed by atoms with Gasteiger partial charge in [0.05, 0.1) is 11.7 Å². The maximum absolute atomic E-state index is 12.0. The molecule has 0 spiro atoms. The summed E-state index contributed by atoms with van der Waals surface area (Å²) in [4.78, 5) is 18.5. The molecule has 3 aromatic heterocycles. The molecule has 2 aliphatic rings. The zero-order valence-corrected chi connectivity index (χ0v) is 16.7. The molecule has 0 aromatic carbocycles. The zero-order chi connectivity index (χ0) is 20.7. The number of nitrogens with one attached hydrogen (secondary N) is 1. The molecule has 1 atom stereocenters. The van der Waals surface area contributed by atoms with Crippen LogP contribution in [0.5, 0.6) is 5.75 Å². The smallest absolute Gasteiger partial charge is 0.228 e. The summed E-state index contributed by atoms with van der Waals surface area (Å²) in [6, 6.07) is 9.61. The first kappa shape index (κ1) is 18.6. The number of carbonyl (C=O) groups excluding carboxylic acids is 1. The monoisotopic (exact) mass is 402 g/mol. The van der Waals surface area contributed by atoms with E-state index in [2.05, 4.69) is 33.4 Å². The van der Waals surface area contributed by atoms with Gasteiger partial charge in [-0.05, 0) is 50.1 Å². The standard InChI is InChI=1S/C22H22N6O2/c1-27-6-5-18(13-27)30-20-12-24-16(11-23)9-19(20)15-4-7-28-17(8-15)10-21(26-28)25-22(29)14-2-3-14/h4,7-10,12,14,18H,2-3,5-6,13H2,1H3,(H,25,26,29). The number of amides is 1. The van der Waals surface area contributed by atoms with Gasteiger partial charge < -0.3 is 15.0 Å². The van der Waals surface area contributed by atoms with Gasteiger partial charge in [0.15, 0.2) is 5.82 Å². The quantitative estimate of drug-likeness (QED) is 0.705.